The Bertz CT molecular complexity index is 829. The molecule has 1 saturated heterocycles. The van der Waals surface area contributed by atoms with Gasteiger partial charge in [-0.3, -0.25) is 19.4 Å². The topological polar surface area (TPSA) is 67.3 Å². The Morgan fingerprint density at radius 2 is 1.88 bits per heavy atom. The summed E-state index contributed by atoms with van der Waals surface area (Å²) < 4.78 is 0. The molecule has 1 aliphatic heterocycles. The Morgan fingerprint density at radius 3 is 2.54 bits per heavy atom. The minimum absolute atomic E-state index is 0.0170. The first-order chi connectivity index (χ1) is 11.5. The maximum absolute atomic E-state index is 12.6. The fourth-order valence-corrected chi connectivity index (χ4v) is 2.92. The number of hydrogen-bond acceptors (Lipinski definition) is 4. The fraction of sp³-hybridized carbons (Fsp3) is 0.263. The maximum Gasteiger partial charge on any atom is 0.233 e. The maximum atomic E-state index is 12.6. The molecule has 2 aromatic rings. The van der Waals surface area contributed by atoms with E-state index in [0.29, 0.717) is 24.1 Å². The van der Waals surface area contributed by atoms with Crippen molar-refractivity contribution in [1.29, 1.82) is 0 Å². The first-order valence-corrected chi connectivity index (χ1v) is 7.83. The van der Waals surface area contributed by atoms with Crippen molar-refractivity contribution in [3.63, 3.8) is 0 Å². The average molecular weight is 322 g/mol. The molecule has 1 aliphatic rings. The first kappa shape index (κ1) is 16.1. The normalized spacial score (nSPS) is 17.2. The van der Waals surface area contributed by atoms with Crippen molar-refractivity contribution in [2.24, 2.45) is 5.92 Å². The van der Waals surface area contributed by atoms with Crippen LogP contribution in [0, 0.1) is 5.92 Å². The molecule has 24 heavy (non-hydrogen) atoms. The molecule has 1 unspecified atom stereocenters. The van der Waals surface area contributed by atoms with E-state index in [1.165, 1.54) is 13.1 Å². The predicted octanol–water partition coefficient (Wildman–Crippen LogP) is 2.61. The lowest BCUT2D eigenvalue weighted by atomic mass is 9.95. The van der Waals surface area contributed by atoms with E-state index in [-0.39, 0.29) is 17.5 Å². The van der Waals surface area contributed by atoms with E-state index in [1.54, 1.807) is 42.4 Å². The summed E-state index contributed by atoms with van der Waals surface area (Å²) in [4.78, 5) is 41.9. The van der Waals surface area contributed by atoms with Crippen LogP contribution in [0.25, 0.3) is 11.1 Å². The van der Waals surface area contributed by atoms with Gasteiger partial charge in [-0.05, 0) is 31.0 Å². The van der Waals surface area contributed by atoms with Gasteiger partial charge in [0.1, 0.15) is 5.92 Å². The van der Waals surface area contributed by atoms with E-state index in [9.17, 15) is 14.4 Å². The third-order valence-corrected chi connectivity index (χ3v) is 4.37. The van der Waals surface area contributed by atoms with Crippen LogP contribution in [-0.2, 0) is 4.79 Å². The fourth-order valence-electron chi connectivity index (χ4n) is 2.92. The van der Waals surface area contributed by atoms with Gasteiger partial charge in [0.2, 0.25) is 5.91 Å². The summed E-state index contributed by atoms with van der Waals surface area (Å²) >= 11 is 0. The van der Waals surface area contributed by atoms with E-state index in [4.69, 9.17) is 0 Å². The van der Waals surface area contributed by atoms with Crippen LogP contribution in [0.1, 0.15) is 34.1 Å². The lowest BCUT2D eigenvalue weighted by molar-refractivity contribution is -0.128. The standard InChI is InChI=1S/C19H18N2O3/c1-12(22)13-4-3-5-14(8-13)15-9-16(11-20-10-15)18(23)17-6-7-21(2)19(17)24/h3-5,8-11,17H,6-7H2,1-2H3. The molecular weight excluding hydrogens is 304 g/mol. The second-order valence-electron chi connectivity index (χ2n) is 6.06. The summed E-state index contributed by atoms with van der Waals surface area (Å²) in [5, 5.41) is 0. The number of likely N-dealkylation sites (tertiary alicyclic amines) is 1. The van der Waals surface area contributed by atoms with Gasteiger partial charge in [0, 0.05) is 42.7 Å². The minimum atomic E-state index is -0.615. The molecule has 1 fully saturated rings. The van der Waals surface area contributed by atoms with Crippen molar-refractivity contribution in [2.75, 3.05) is 13.6 Å². The molecule has 0 saturated carbocycles. The van der Waals surface area contributed by atoms with Crippen LogP contribution < -0.4 is 0 Å². The Balaban J connectivity index is 1.92. The molecular formula is C19H18N2O3. The van der Waals surface area contributed by atoms with Crippen LogP contribution in [0.3, 0.4) is 0 Å². The number of Topliss-reactive ketones (excluding diaryl/α,β-unsaturated/α-hetero) is 2. The quantitative estimate of drug-likeness (QED) is 0.641. The minimum Gasteiger partial charge on any atom is -0.345 e. The van der Waals surface area contributed by atoms with Crippen molar-refractivity contribution in [3.8, 4) is 11.1 Å². The van der Waals surface area contributed by atoms with Gasteiger partial charge in [-0.2, -0.15) is 0 Å². The van der Waals surface area contributed by atoms with Gasteiger partial charge in [0.25, 0.3) is 0 Å². The molecule has 5 nitrogen and oxygen atoms in total. The van der Waals surface area contributed by atoms with Crippen LogP contribution in [0.15, 0.2) is 42.7 Å². The molecule has 0 N–H and O–H groups in total. The van der Waals surface area contributed by atoms with Crippen LogP contribution in [0.4, 0.5) is 0 Å². The molecule has 0 aliphatic carbocycles. The molecule has 122 valence electrons. The van der Waals surface area contributed by atoms with Gasteiger partial charge in [-0.25, -0.2) is 0 Å². The molecule has 0 bridgehead atoms. The molecule has 1 atom stereocenters. The lowest BCUT2D eigenvalue weighted by Crippen LogP contribution is -2.27. The molecule has 0 radical (unpaired) electrons. The molecule has 0 spiro atoms. The van der Waals surface area contributed by atoms with Gasteiger partial charge in [-0.1, -0.05) is 18.2 Å². The van der Waals surface area contributed by atoms with Crippen molar-refractivity contribution < 1.29 is 14.4 Å². The zero-order valence-electron chi connectivity index (χ0n) is 13.7. The zero-order valence-corrected chi connectivity index (χ0v) is 13.7. The molecule has 1 aromatic carbocycles. The van der Waals surface area contributed by atoms with Crippen LogP contribution in [-0.4, -0.2) is 40.9 Å². The molecule has 2 heterocycles. The highest BCUT2D eigenvalue weighted by Gasteiger charge is 2.35. The van der Waals surface area contributed by atoms with Crippen molar-refractivity contribution in [1.82, 2.24) is 9.88 Å². The van der Waals surface area contributed by atoms with E-state index >= 15 is 0 Å². The third-order valence-electron chi connectivity index (χ3n) is 4.37. The van der Waals surface area contributed by atoms with Gasteiger partial charge in [-0.15, -0.1) is 0 Å². The highest BCUT2D eigenvalue weighted by Crippen LogP contribution is 2.25. The van der Waals surface area contributed by atoms with Gasteiger partial charge in [0.15, 0.2) is 11.6 Å². The van der Waals surface area contributed by atoms with E-state index in [1.807, 2.05) is 6.07 Å². The summed E-state index contributed by atoms with van der Waals surface area (Å²) in [6, 6.07) is 8.94. The molecule has 5 heteroatoms. The predicted molar refractivity (Wildman–Crippen MR) is 89.8 cm³/mol. The van der Waals surface area contributed by atoms with Crippen molar-refractivity contribution >= 4 is 17.5 Å². The molecule has 1 amide bonds. The third kappa shape index (κ3) is 2.97. The summed E-state index contributed by atoms with van der Waals surface area (Å²) in [5.74, 6) is -0.961. The highest BCUT2D eigenvalue weighted by atomic mass is 16.2. The number of ketones is 2. The SMILES string of the molecule is CC(=O)c1cccc(-c2cncc(C(=O)C3CCN(C)C3=O)c2)c1. The van der Waals surface area contributed by atoms with E-state index in [2.05, 4.69) is 4.98 Å². The Labute approximate surface area is 140 Å². The number of carbonyl (C=O) groups excluding carboxylic acids is 3. The number of hydrogen-bond donors (Lipinski definition) is 0. The summed E-state index contributed by atoms with van der Waals surface area (Å²) in [7, 11) is 1.71. The van der Waals surface area contributed by atoms with Crippen LogP contribution in [0.2, 0.25) is 0 Å². The number of amides is 1. The Morgan fingerprint density at radius 1 is 1.12 bits per heavy atom. The summed E-state index contributed by atoms with van der Waals surface area (Å²) in [6.45, 7) is 2.11. The molecule has 1 aromatic heterocycles. The monoisotopic (exact) mass is 322 g/mol. The number of benzene rings is 1. The summed E-state index contributed by atoms with van der Waals surface area (Å²) in [6.07, 6.45) is 3.68. The van der Waals surface area contributed by atoms with Crippen molar-refractivity contribution in [2.45, 2.75) is 13.3 Å². The number of aromatic nitrogens is 1. The second-order valence-corrected chi connectivity index (χ2v) is 6.06. The first-order valence-electron chi connectivity index (χ1n) is 7.83. The molecule has 3 rings (SSSR count). The number of carbonyl (C=O) groups is 3. The van der Waals surface area contributed by atoms with E-state index < -0.39 is 5.92 Å². The number of pyridine rings is 1. The zero-order chi connectivity index (χ0) is 17.3. The summed E-state index contributed by atoms with van der Waals surface area (Å²) in [5.41, 5.74) is 2.61. The lowest BCUT2D eigenvalue weighted by Gasteiger charge is -2.10. The number of rotatable bonds is 4. The number of nitrogens with zero attached hydrogens (tertiary/aromatic N) is 2. The van der Waals surface area contributed by atoms with Gasteiger partial charge >= 0.3 is 0 Å². The van der Waals surface area contributed by atoms with Crippen molar-refractivity contribution in [3.05, 3.63) is 53.9 Å². The van der Waals surface area contributed by atoms with Crippen LogP contribution in [0.5, 0.6) is 0 Å². The second kappa shape index (κ2) is 6.35. The van der Waals surface area contributed by atoms with Gasteiger partial charge in [0.05, 0.1) is 0 Å². The van der Waals surface area contributed by atoms with Crippen LogP contribution >= 0.6 is 0 Å². The largest absolute Gasteiger partial charge is 0.345 e. The van der Waals surface area contributed by atoms with E-state index in [0.717, 1.165) is 11.1 Å². The Kier molecular flexibility index (Phi) is 4.25. The van der Waals surface area contributed by atoms with Gasteiger partial charge < -0.3 is 4.90 Å². The smallest absolute Gasteiger partial charge is 0.233 e. The highest BCUT2D eigenvalue weighted by molar-refractivity contribution is 6.11. The average Bonchev–Trinajstić information content (AvgIpc) is 2.93. The Hall–Kier alpha value is -2.82.